The Labute approximate surface area is 173 Å². The van der Waals surface area contributed by atoms with Crippen molar-refractivity contribution in [2.75, 3.05) is 11.9 Å². The number of benzene rings is 1. The summed E-state index contributed by atoms with van der Waals surface area (Å²) in [4.78, 5) is 33.0. The molecule has 154 valence electrons. The van der Waals surface area contributed by atoms with Crippen molar-refractivity contribution >= 4 is 34.3 Å². The van der Waals surface area contributed by atoms with Gasteiger partial charge in [-0.3, -0.25) is 20.2 Å². The maximum atomic E-state index is 12.1. The van der Waals surface area contributed by atoms with Crippen LogP contribution in [0.2, 0.25) is 0 Å². The van der Waals surface area contributed by atoms with Crippen molar-refractivity contribution < 1.29 is 14.6 Å². The van der Waals surface area contributed by atoms with Crippen molar-refractivity contribution in [1.29, 1.82) is 0 Å². The molecule has 0 radical (unpaired) electrons. The van der Waals surface area contributed by atoms with E-state index in [1.165, 1.54) is 34.6 Å². The van der Waals surface area contributed by atoms with Gasteiger partial charge in [0, 0.05) is 17.0 Å². The molecule has 1 aromatic heterocycles. The van der Waals surface area contributed by atoms with Gasteiger partial charge in [-0.2, -0.15) is 0 Å². The number of nitro groups is 1. The molecule has 0 bridgehead atoms. The number of carbonyl (C=O) groups is 1. The second-order valence-electron chi connectivity index (χ2n) is 8.10. The van der Waals surface area contributed by atoms with Crippen LogP contribution in [-0.4, -0.2) is 28.6 Å². The first-order valence-electron chi connectivity index (χ1n) is 9.40. The number of aryl methyl sites for hydroxylation is 1. The van der Waals surface area contributed by atoms with Gasteiger partial charge < -0.3 is 4.84 Å². The summed E-state index contributed by atoms with van der Waals surface area (Å²) in [6.07, 6.45) is 4.46. The Bertz CT molecular complexity index is 916. The van der Waals surface area contributed by atoms with E-state index in [-0.39, 0.29) is 23.6 Å². The van der Waals surface area contributed by atoms with Crippen LogP contribution in [0.3, 0.4) is 0 Å². The maximum absolute atomic E-state index is 12.1. The number of anilines is 1. The zero-order chi connectivity index (χ0) is 21.0. The Balaban J connectivity index is 1.48. The highest BCUT2D eigenvalue weighted by molar-refractivity contribution is 7.15. The summed E-state index contributed by atoms with van der Waals surface area (Å²) in [7, 11) is 0. The molecule has 0 fully saturated rings. The number of carbonyl (C=O) groups excluding carboxylic acids is 1. The lowest BCUT2D eigenvalue weighted by atomic mass is 9.73. The number of rotatable bonds is 6. The smallest absolute Gasteiger partial charge is 0.269 e. The Morgan fingerprint density at radius 3 is 2.79 bits per heavy atom. The molecule has 8 nitrogen and oxygen atoms in total. The predicted octanol–water partition coefficient (Wildman–Crippen LogP) is 4.19. The van der Waals surface area contributed by atoms with Gasteiger partial charge >= 0.3 is 0 Å². The molecule has 1 atom stereocenters. The van der Waals surface area contributed by atoms with Crippen LogP contribution in [0, 0.1) is 21.4 Å². The number of amides is 1. The van der Waals surface area contributed by atoms with Gasteiger partial charge in [0.05, 0.1) is 16.8 Å². The standard InChI is InChI=1S/C20H24N4O4S/c1-20(2,3)14-6-9-16-17(10-14)29-19(22-16)23-18(25)12-28-21-11-13-4-7-15(8-5-13)24(26)27/h4-5,7-8,11,14H,6,9-10,12H2,1-3H3,(H,22,23,25)/b21-11+. The van der Waals surface area contributed by atoms with Gasteiger partial charge in [-0.15, -0.1) is 11.3 Å². The Morgan fingerprint density at radius 1 is 1.41 bits per heavy atom. The average molecular weight is 417 g/mol. The number of hydrogen-bond acceptors (Lipinski definition) is 7. The molecule has 1 aliphatic rings. The predicted molar refractivity (Wildman–Crippen MR) is 112 cm³/mol. The van der Waals surface area contributed by atoms with E-state index in [0.717, 1.165) is 25.0 Å². The van der Waals surface area contributed by atoms with Crippen molar-refractivity contribution in [2.45, 2.75) is 40.0 Å². The summed E-state index contributed by atoms with van der Waals surface area (Å²) in [5.74, 6) is 0.292. The molecule has 9 heteroatoms. The number of nitrogens with zero attached hydrogens (tertiary/aromatic N) is 3. The van der Waals surface area contributed by atoms with Crippen LogP contribution in [0.1, 0.15) is 43.3 Å². The third kappa shape index (κ3) is 5.60. The first-order valence-corrected chi connectivity index (χ1v) is 10.2. The Morgan fingerprint density at radius 2 is 2.14 bits per heavy atom. The van der Waals surface area contributed by atoms with Crippen LogP contribution in [0.5, 0.6) is 0 Å². The van der Waals surface area contributed by atoms with Gasteiger partial charge in [-0.1, -0.05) is 25.9 Å². The van der Waals surface area contributed by atoms with Gasteiger partial charge in [0.15, 0.2) is 11.7 Å². The number of fused-ring (bicyclic) bond motifs is 1. The molecule has 0 spiro atoms. The minimum Gasteiger partial charge on any atom is -0.386 e. The number of nitro benzene ring substituents is 1. The fourth-order valence-corrected chi connectivity index (χ4v) is 4.30. The quantitative estimate of drug-likeness (QED) is 0.432. The average Bonchev–Trinajstić information content (AvgIpc) is 3.06. The molecule has 1 heterocycles. The highest BCUT2D eigenvalue weighted by Crippen LogP contribution is 2.40. The van der Waals surface area contributed by atoms with Gasteiger partial charge in [0.1, 0.15) is 0 Å². The summed E-state index contributed by atoms with van der Waals surface area (Å²) < 4.78 is 0. The number of nitrogens with one attached hydrogen (secondary N) is 1. The van der Waals surface area contributed by atoms with Crippen LogP contribution in [0.25, 0.3) is 0 Å². The molecule has 0 aliphatic heterocycles. The summed E-state index contributed by atoms with van der Waals surface area (Å²) >= 11 is 1.53. The van der Waals surface area contributed by atoms with Crippen molar-refractivity contribution in [2.24, 2.45) is 16.5 Å². The molecule has 1 unspecified atom stereocenters. The fraction of sp³-hybridized carbons (Fsp3) is 0.450. The SMILES string of the molecule is CC(C)(C)C1CCc2nc(NC(=O)CO/N=C/c3ccc([N+](=O)[O-])cc3)sc2C1. The fourth-order valence-electron chi connectivity index (χ4n) is 3.20. The van der Waals surface area contributed by atoms with Gasteiger partial charge in [0.2, 0.25) is 0 Å². The zero-order valence-corrected chi connectivity index (χ0v) is 17.5. The third-order valence-electron chi connectivity index (χ3n) is 4.99. The first kappa shape index (κ1) is 20.9. The summed E-state index contributed by atoms with van der Waals surface area (Å²) in [5, 5.41) is 17.7. The van der Waals surface area contributed by atoms with E-state index in [1.54, 1.807) is 12.1 Å². The molecule has 29 heavy (non-hydrogen) atoms. The second kappa shape index (κ2) is 8.69. The number of hydrogen-bond donors (Lipinski definition) is 1. The monoisotopic (exact) mass is 416 g/mol. The van der Waals surface area contributed by atoms with E-state index in [9.17, 15) is 14.9 Å². The second-order valence-corrected chi connectivity index (χ2v) is 9.18. The van der Waals surface area contributed by atoms with Gasteiger partial charge in [-0.05, 0) is 48.3 Å². The van der Waals surface area contributed by atoms with Gasteiger partial charge in [0.25, 0.3) is 11.6 Å². The molecule has 1 N–H and O–H groups in total. The van der Waals surface area contributed by atoms with Crippen molar-refractivity contribution in [3.63, 3.8) is 0 Å². The largest absolute Gasteiger partial charge is 0.386 e. The van der Waals surface area contributed by atoms with E-state index in [4.69, 9.17) is 4.84 Å². The number of oxime groups is 1. The van der Waals surface area contributed by atoms with E-state index >= 15 is 0 Å². The van der Waals surface area contributed by atoms with E-state index < -0.39 is 4.92 Å². The molecular weight excluding hydrogens is 392 g/mol. The van der Waals surface area contributed by atoms with E-state index in [2.05, 4.69) is 36.2 Å². The Kier molecular flexibility index (Phi) is 6.26. The van der Waals surface area contributed by atoms with Crippen LogP contribution in [-0.2, 0) is 22.5 Å². The zero-order valence-electron chi connectivity index (χ0n) is 16.7. The van der Waals surface area contributed by atoms with Crippen LogP contribution < -0.4 is 5.32 Å². The van der Waals surface area contributed by atoms with Crippen LogP contribution in [0.15, 0.2) is 29.4 Å². The van der Waals surface area contributed by atoms with Gasteiger partial charge in [-0.25, -0.2) is 4.98 Å². The highest BCUT2D eigenvalue weighted by Gasteiger charge is 2.30. The number of non-ortho nitro benzene ring substituents is 1. The number of thiazole rings is 1. The van der Waals surface area contributed by atoms with E-state index in [0.29, 0.717) is 16.6 Å². The van der Waals surface area contributed by atoms with E-state index in [1.807, 2.05) is 0 Å². The number of aromatic nitrogens is 1. The maximum Gasteiger partial charge on any atom is 0.269 e. The van der Waals surface area contributed by atoms with Crippen molar-refractivity contribution in [1.82, 2.24) is 4.98 Å². The van der Waals surface area contributed by atoms with Crippen molar-refractivity contribution in [3.8, 4) is 0 Å². The molecule has 1 aromatic carbocycles. The lowest BCUT2D eigenvalue weighted by molar-refractivity contribution is -0.384. The summed E-state index contributed by atoms with van der Waals surface area (Å²) in [6, 6.07) is 5.86. The Hall–Kier alpha value is -2.81. The topological polar surface area (TPSA) is 107 Å². The normalized spacial score (nSPS) is 16.4. The van der Waals surface area contributed by atoms with Crippen molar-refractivity contribution in [3.05, 3.63) is 50.5 Å². The minimum atomic E-state index is -0.471. The molecule has 1 aliphatic carbocycles. The van der Waals surface area contributed by atoms with Crippen LogP contribution in [0.4, 0.5) is 10.8 Å². The lowest BCUT2D eigenvalue weighted by Gasteiger charge is -2.33. The molecular formula is C20H24N4O4S. The molecule has 1 amide bonds. The molecule has 3 rings (SSSR count). The molecule has 0 saturated heterocycles. The summed E-state index contributed by atoms with van der Waals surface area (Å²) in [5.41, 5.74) is 1.99. The first-order chi connectivity index (χ1) is 13.7. The summed E-state index contributed by atoms with van der Waals surface area (Å²) in [6.45, 7) is 6.56. The highest BCUT2D eigenvalue weighted by atomic mass is 32.1. The molecule has 0 saturated carbocycles. The van der Waals surface area contributed by atoms with Crippen LogP contribution >= 0.6 is 11.3 Å². The third-order valence-corrected chi connectivity index (χ3v) is 6.02. The lowest BCUT2D eigenvalue weighted by Crippen LogP contribution is -2.26. The minimum absolute atomic E-state index is 0.00223. The molecule has 2 aromatic rings.